The van der Waals surface area contributed by atoms with E-state index in [0.717, 1.165) is 12.3 Å². The Labute approximate surface area is 107 Å². The molecule has 0 aliphatic rings. The monoisotopic (exact) mass is 249 g/mol. The first-order valence-electron chi connectivity index (χ1n) is 5.75. The van der Waals surface area contributed by atoms with Crippen LogP contribution in [0.4, 0.5) is 0 Å². The zero-order chi connectivity index (χ0) is 12.1. The minimum atomic E-state index is 0.443. The molecular formula is C14H16ClNO. The van der Waals surface area contributed by atoms with E-state index in [1.165, 1.54) is 5.56 Å². The Kier molecular flexibility index (Phi) is 4.24. The predicted octanol–water partition coefficient (Wildman–Crippen LogP) is 3.83. The number of benzene rings is 1. The van der Waals surface area contributed by atoms with Crippen molar-refractivity contribution >= 4 is 11.6 Å². The molecule has 3 heteroatoms. The number of nitrogens with one attached hydrogen (secondary N) is 1. The van der Waals surface area contributed by atoms with Gasteiger partial charge in [-0.2, -0.15) is 0 Å². The Bertz CT molecular complexity index is 452. The Balaban J connectivity index is 1.79. The third-order valence-corrected chi connectivity index (χ3v) is 2.95. The van der Waals surface area contributed by atoms with Crippen LogP contribution in [0, 0.1) is 0 Å². The van der Waals surface area contributed by atoms with Crippen molar-refractivity contribution in [1.82, 2.24) is 5.32 Å². The van der Waals surface area contributed by atoms with E-state index in [1.54, 1.807) is 6.07 Å². The predicted molar refractivity (Wildman–Crippen MR) is 70.3 cm³/mol. The number of furan rings is 1. The van der Waals surface area contributed by atoms with Gasteiger partial charge in [-0.05, 0) is 35.2 Å². The zero-order valence-electron chi connectivity index (χ0n) is 9.82. The summed E-state index contributed by atoms with van der Waals surface area (Å²) in [6.07, 6.45) is 0. The summed E-state index contributed by atoms with van der Waals surface area (Å²) < 4.78 is 5.27. The summed E-state index contributed by atoms with van der Waals surface area (Å²) in [4.78, 5) is 0. The topological polar surface area (TPSA) is 25.2 Å². The van der Waals surface area contributed by atoms with Gasteiger partial charge in [-0.3, -0.25) is 0 Å². The van der Waals surface area contributed by atoms with Crippen molar-refractivity contribution in [3.8, 4) is 0 Å². The van der Waals surface area contributed by atoms with Gasteiger partial charge < -0.3 is 9.73 Å². The molecule has 1 unspecified atom stereocenters. The molecule has 2 aromatic rings. The summed E-state index contributed by atoms with van der Waals surface area (Å²) in [5.41, 5.74) is 1.34. The van der Waals surface area contributed by atoms with Gasteiger partial charge in [-0.15, -0.1) is 0 Å². The molecule has 2 nitrogen and oxygen atoms in total. The molecule has 0 saturated carbocycles. The lowest BCUT2D eigenvalue weighted by molar-refractivity contribution is 0.478. The highest BCUT2D eigenvalue weighted by molar-refractivity contribution is 6.28. The molecule has 2 rings (SSSR count). The molecule has 0 bridgehead atoms. The van der Waals surface area contributed by atoms with E-state index < -0.39 is 0 Å². The molecule has 1 atom stereocenters. The average Bonchev–Trinajstić information content (AvgIpc) is 2.76. The summed E-state index contributed by atoms with van der Waals surface area (Å²) in [6, 6.07) is 14.1. The van der Waals surface area contributed by atoms with Crippen LogP contribution in [0.25, 0.3) is 0 Å². The van der Waals surface area contributed by atoms with Gasteiger partial charge in [-0.25, -0.2) is 0 Å². The fraction of sp³-hybridized carbons (Fsp3) is 0.286. The summed E-state index contributed by atoms with van der Waals surface area (Å²) in [6.45, 7) is 3.84. The molecule has 17 heavy (non-hydrogen) atoms. The van der Waals surface area contributed by atoms with Crippen molar-refractivity contribution in [2.45, 2.75) is 19.4 Å². The molecule has 1 aromatic heterocycles. The molecule has 0 aliphatic heterocycles. The van der Waals surface area contributed by atoms with Gasteiger partial charge in [0, 0.05) is 6.54 Å². The fourth-order valence-electron chi connectivity index (χ4n) is 1.76. The molecule has 0 radical (unpaired) electrons. The van der Waals surface area contributed by atoms with E-state index in [2.05, 4.69) is 36.5 Å². The highest BCUT2D eigenvalue weighted by atomic mass is 35.5. The van der Waals surface area contributed by atoms with Crippen LogP contribution in [0.5, 0.6) is 0 Å². The first kappa shape index (κ1) is 12.2. The fourth-order valence-corrected chi connectivity index (χ4v) is 1.92. The molecule has 1 N–H and O–H groups in total. The van der Waals surface area contributed by atoms with Crippen LogP contribution in [0.1, 0.15) is 24.2 Å². The summed E-state index contributed by atoms with van der Waals surface area (Å²) >= 11 is 5.70. The van der Waals surface area contributed by atoms with Gasteiger partial charge in [0.2, 0.25) is 0 Å². The summed E-state index contributed by atoms with van der Waals surface area (Å²) in [7, 11) is 0. The van der Waals surface area contributed by atoms with Crippen LogP contribution >= 0.6 is 11.6 Å². The second-order valence-electron chi connectivity index (χ2n) is 4.15. The molecule has 0 amide bonds. The quantitative estimate of drug-likeness (QED) is 0.871. The molecule has 90 valence electrons. The normalized spacial score (nSPS) is 12.6. The van der Waals surface area contributed by atoms with E-state index >= 15 is 0 Å². The maximum Gasteiger partial charge on any atom is 0.193 e. The van der Waals surface area contributed by atoms with E-state index in [9.17, 15) is 0 Å². The van der Waals surface area contributed by atoms with E-state index in [1.807, 2.05) is 12.1 Å². The van der Waals surface area contributed by atoms with Gasteiger partial charge in [0.05, 0.1) is 6.54 Å². The lowest BCUT2D eigenvalue weighted by Crippen LogP contribution is -2.19. The molecule has 0 fully saturated rings. The van der Waals surface area contributed by atoms with Crippen molar-refractivity contribution in [3.63, 3.8) is 0 Å². The van der Waals surface area contributed by atoms with Gasteiger partial charge in [0.25, 0.3) is 0 Å². The van der Waals surface area contributed by atoms with Crippen LogP contribution in [-0.4, -0.2) is 6.54 Å². The smallest absolute Gasteiger partial charge is 0.193 e. The number of hydrogen-bond donors (Lipinski definition) is 1. The Hall–Kier alpha value is -1.25. The Morgan fingerprint density at radius 2 is 1.94 bits per heavy atom. The molecule has 0 aliphatic carbocycles. The number of halogens is 1. The molecule has 0 spiro atoms. The van der Waals surface area contributed by atoms with Gasteiger partial charge in [0.1, 0.15) is 5.76 Å². The van der Waals surface area contributed by atoms with Crippen LogP contribution in [0.15, 0.2) is 46.9 Å². The van der Waals surface area contributed by atoms with Crippen molar-refractivity contribution in [2.75, 3.05) is 6.54 Å². The summed E-state index contributed by atoms with van der Waals surface area (Å²) in [5, 5.41) is 3.80. The second-order valence-corrected chi connectivity index (χ2v) is 4.52. The highest BCUT2D eigenvalue weighted by Crippen LogP contribution is 2.15. The third kappa shape index (κ3) is 3.62. The molecular weight excluding hydrogens is 234 g/mol. The summed E-state index contributed by atoms with van der Waals surface area (Å²) in [5.74, 6) is 1.36. The second kappa shape index (κ2) is 5.89. The zero-order valence-corrected chi connectivity index (χ0v) is 10.6. The third-order valence-electron chi connectivity index (χ3n) is 2.75. The SMILES string of the molecule is CC(CNCc1ccc(Cl)o1)c1ccccc1. The maximum absolute atomic E-state index is 5.70. The maximum atomic E-state index is 5.70. The van der Waals surface area contributed by atoms with Crippen molar-refractivity contribution in [3.05, 3.63) is 59.0 Å². The van der Waals surface area contributed by atoms with Crippen LogP contribution < -0.4 is 5.32 Å². The van der Waals surface area contributed by atoms with Crippen LogP contribution in [0.3, 0.4) is 0 Å². The molecule has 0 saturated heterocycles. The van der Waals surface area contributed by atoms with Crippen molar-refractivity contribution < 1.29 is 4.42 Å². The van der Waals surface area contributed by atoms with Crippen LogP contribution in [-0.2, 0) is 6.54 Å². The van der Waals surface area contributed by atoms with Crippen molar-refractivity contribution in [2.24, 2.45) is 0 Å². The largest absolute Gasteiger partial charge is 0.448 e. The van der Waals surface area contributed by atoms with Crippen molar-refractivity contribution in [1.29, 1.82) is 0 Å². The van der Waals surface area contributed by atoms with Gasteiger partial charge in [-0.1, -0.05) is 37.3 Å². The molecule has 1 aromatic carbocycles. The lowest BCUT2D eigenvalue weighted by Gasteiger charge is -2.12. The Morgan fingerprint density at radius 3 is 2.59 bits per heavy atom. The first-order chi connectivity index (χ1) is 8.25. The standard InChI is InChI=1S/C14H16ClNO/c1-11(12-5-3-2-4-6-12)9-16-10-13-7-8-14(15)17-13/h2-8,11,16H,9-10H2,1H3. The lowest BCUT2D eigenvalue weighted by atomic mass is 10.0. The van der Waals surface area contributed by atoms with Crippen LogP contribution in [0.2, 0.25) is 5.22 Å². The minimum absolute atomic E-state index is 0.443. The van der Waals surface area contributed by atoms with E-state index in [0.29, 0.717) is 17.7 Å². The highest BCUT2D eigenvalue weighted by Gasteiger charge is 2.05. The molecule has 1 heterocycles. The van der Waals surface area contributed by atoms with E-state index in [-0.39, 0.29) is 0 Å². The van der Waals surface area contributed by atoms with E-state index in [4.69, 9.17) is 16.0 Å². The first-order valence-corrected chi connectivity index (χ1v) is 6.13. The van der Waals surface area contributed by atoms with Gasteiger partial charge in [0.15, 0.2) is 5.22 Å². The van der Waals surface area contributed by atoms with Gasteiger partial charge >= 0.3 is 0 Å². The Morgan fingerprint density at radius 1 is 1.18 bits per heavy atom. The number of rotatable bonds is 5. The minimum Gasteiger partial charge on any atom is -0.448 e. The number of hydrogen-bond acceptors (Lipinski definition) is 2. The average molecular weight is 250 g/mol.